The molecule has 4 heteroatoms. The summed E-state index contributed by atoms with van der Waals surface area (Å²) in [5.74, 6) is 1.19. The molecule has 0 amide bonds. The van der Waals surface area contributed by atoms with E-state index in [1.165, 1.54) is 65.4 Å². The van der Waals surface area contributed by atoms with Crippen molar-refractivity contribution in [1.82, 2.24) is 0 Å². The van der Waals surface area contributed by atoms with Crippen molar-refractivity contribution in [3.05, 3.63) is 253 Å². The van der Waals surface area contributed by atoms with Crippen LogP contribution in [-0.2, 0) is 0 Å². The summed E-state index contributed by atoms with van der Waals surface area (Å²) in [5.41, 5.74) is 15.4. The van der Waals surface area contributed by atoms with Crippen molar-refractivity contribution in [1.29, 1.82) is 0 Å². The first-order valence-electron chi connectivity index (χ1n) is 24.5. The zero-order chi connectivity index (χ0) is 47.7. The maximum Gasteiger partial charge on any atom is 0.243 e. The lowest BCUT2D eigenvalue weighted by molar-refractivity contribution is 0.487. The van der Waals surface area contributed by atoms with Crippen LogP contribution in [-0.4, -0.2) is 6.71 Å². The molecule has 71 heavy (non-hydrogen) atoms. The standard InChI is InChI=1S/C67H47BFNO/c1-42-35-43(2)66(44(3)36-42)68(60-31-17-24-46-23-13-14-27-51(46)60)61-41-58-55-30-18-32-63-65(55)59(40-57(58)52-28-15-16-29-53(52)61)54-34-33-50(39-64(54)71-63)70(49-25-11-6-12-26-49)67-56(47-21-9-5-10-22-47)37-48(38-62(67)69)45-19-7-4-8-20-45/h4-41H,1-3H3. The van der Waals surface area contributed by atoms with E-state index < -0.39 is 0 Å². The van der Waals surface area contributed by atoms with Gasteiger partial charge in [-0.1, -0.05) is 209 Å². The SMILES string of the molecule is Cc1cc(C)c(B(c2cccc3ccccc23)c2cc3c4cccc5c4c(cc3c3ccccc23)-c2ccc(N(c3ccccc3)c3c(F)cc(-c4ccccc4)cc3-c3ccccc3)cc2O5)c(C)c1. The highest BCUT2D eigenvalue weighted by molar-refractivity contribution is 6.98. The van der Waals surface area contributed by atoms with Gasteiger partial charge in [-0.3, -0.25) is 0 Å². The van der Waals surface area contributed by atoms with Crippen LogP contribution in [0, 0.1) is 26.6 Å². The first-order valence-corrected chi connectivity index (χ1v) is 24.5. The van der Waals surface area contributed by atoms with Crippen LogP contribution in [0.25, 0.3) is 76.5 Å². The van der Waals surface area contributed by atoms with Gasteiger partial charge in [0.1, 0.15) is 17.3 Å². The molecule has 0 aliphatic carbocycles. The van der Waals surface area contributed by atoms with E-state index >= 15 is 4.39 Å². The first kappa shape index (κ1) is 42.4. The molecule has 0 saturated heterocycles. The lowest BCUT2D eigenvalue weighted by Crippen LogP contribution is -2.54. The molecule has 0 unspecified atom stereocenters. The summed E-state index contributed by atoms with van der Waals surface area (Å²) in [4.78, 5) is 2.03. The number of hydrogen-bond donors (Lipinski definition) is 0. The molecule has 0 spiro atoms. The molecule has 1 aliphatic heterocycles. The maximum atomic E-state index is 17.4. The summed E-state index contributed by atoms with van der Waals surface area (Å²) in [5, 5.41) is 9.54. The Labute approximate surface area is 414 Å². The predicted molar refractivity (Wildman–Crippen MR) is 299 cm³/mol. The van der Waals surface area contributed by atoms with E-state index in [0.29, 0.717) is 11.4 Å². The minimum Gasteiger partial charge on any atom is -0.456 e. The average molecular weight is 912 g/mol. The minimum atomic E-state index is -0.323. The Kier molecular flexibility index (Phi) is 10.2. The Balaban J connectivity index is 1.02. The molecule has 2 nitrogen and oxygen atoms in total. The Bertz CT molecular complexity index is 4050. The van der Waals surface area contributed by atoms with E-state index in [1.807, 2.05) is 83.8 Å². The van der Waals surface area contributed by atoms with Gasteiger partial charge in [-0.25, -0.2) is 4.39 Å². The molecule has 1 aliphatic rings. The number of benzene rings is 12. The number of anilines is 3. The molecule has 13 rings (SSSR count). The smallest absolute Gasteiger partial charge is 0.243 e. The quantitative estimate of drug-likeness (QED) is 0.111. The highest BCUT2D eigenvalue weighted by Gasteiger charge is 2.31. The van der Waals surface area contributed by atoms with Gasteiger partial charge in [-0.15, -0.1) is 0 Å². The Hall–Kier alpha value is -8.73. The number of fused-ring (bicyclic) bond motifs is 7. The fourth-order valence-corrected chi connectivity index (χ4v) is 11.7. The number of ether oxygens (including phenoxy) is 1. The summed E-state index contributed by atoms with van der Waals surface area (Å²) >= 11 is 0. The average Bonchev–Trinajstić information content (AvgIpc) is 3.40. The summed E-state index contributed by atoms with van der Waals surface area (Å²) < 4.78 is 24.4. The molecule has 12 aromatic carbocycles. The van der Waals surface area contributed by atoms with Crippen molar-refractivity contribution in [2.45, 2.75) is 20.8 Å². The van der Waals surface area contributed by atoms with Gasteiger partial charge in [0.25, 0.3) is 0 Å². The monoisotopic (exact) mass is 911 g/mol. The van der Waals surface area contributed by atoms with E-state index in [4.69, 9.17) is 4.74 Å². The fraction of sp³-hybridized carbons (Fsp3) is 0.0448. The van der Waals surface area contributed by atoms with Gasteiger partial charge in [0, 0.05) is 28.3 Å². The largest absolute Gasteiger partial charge is 0.456 e. The van der Waals surface area contributed by atoms with E-state index in [2.05, 4.69) is 166 Å². The third-order valence-corrected chi connectivity index (χ3v) is 14.7. The predicted octanol–water partition coefficient (Wildman–Crippen LogP) is 16.5. The number of nitrogens with zero attached hydrogens (tertiary/aromatic N) is 1. The lowest BCUT2D eigenvalue weighted by atomic mass is 9.34. The second-order valence-corrected chi connectivity index (χ2v) is 19.1. The topological polar surface area (TPSA) is 12.5 Å². The van der Waals surface area contributed by atoms with Crippen molar-refractivity contribution in [3.63, 3.8) is 0 Å². The van der Waals surface area contributed by atoms with Crippen LogP contribution in [0.1, 0.15) is 16.7 Å². The second-order valence-electron chi connectivity index (χ2n) is 19.1. The molecule has 0 N–H and O–H groups in total. The van der Waals surface area contributed by atoms with E-state index in [0.717, 1.165) is 61.3 Å². The first-order chi connectivity index (χ1) is 34.9. The number of halogens is 1. The molecule has 12 aromatic rings. The van der Waals surface area contributed by atoms with Gasteiger partial charge in [0.05, 0.1) is 11.4 Å². The molecule has 0 aromatic heterocycles. The third-order valence-electron chi connectivity index (χ3n) is 14.7. The molecule has 0 saturated carbocycles. The number of hydrogen-bond acceptors (Lipinski definition) is 2. The summed E-state index contributed by atoms with van der Waals surface area (Å²) in [6.07, 6.45) is 0. The third kappa shape index (κ3) is 7.09. The maximum absolute atomic E-state index is 17.4. The summed E-state index contributed by atoms with van der Waals surface area (Å²) in [6.45, 7) is 6.71. The second kappa shape index (κ2) is 17.0. The van der Waals surface area contributed by atoms with Crippen molar-refractivity contribution >= 4 is 83.3 Å². The highest BCUT2D eigenvalue weighted by atomic mass is 19.1. The van der Waals surface area contributed by atoms with Gasteiger partial charge in [0.2, 0.25) is 6.71 Å². The molecule has 1 heterocycles. The molecular formula is C67H47BFNO. The Morgan fingerprint density at radius 3 is 1.77 bits per heavy atom. The Morgan fingerprint density at radius 2 is 1.01 bits per heavy atom. The normalized spacial score (nSPS) is 11.8. The number of aryl methyl sites for hydroxylation is 3. The van der Waals surface area contributed by atoms with Crippen molar-refractivity contribution in [3.8, 4) is 44.9 Å². The van der Waals surface area contributed by atoms with Crippen molar-refractivity contribution in [2.75, 3.05) is 4.90 Å². The highest BCUT2D eigenvalue weighted by Crippen LogP contribution is 2.52. The van der Waals surface area contributed by atoms with Gasteiger partial charge >= 0.3 is 0 Å². The van der Waals surface area contributed by atoms with Crippen LogP contribution in [0.4, 0.5) is 21.5 Å². The van der Waals surface area contributed by atoms with Crippen LogP contribution >= 0.6 is 0 Å². The molecule has 336 valence electrons. The van der Waals surface area contributed by atoms with Crippen LogP contribution in [0.5, 0.6) is 11.5 Å². The van der Waals surface area contributed by atoms with E-state index in [1.54, 1.807) is 6.07 Å². The van der Waals surface area contributed by atoms with Crippen LogP contribution in [0.15, 0.2) is 231 Å². The van der Waals surface area contributed by atoms with E-state index in [9.17, 15) is 0 Å². The van der Waals surface area contributed by atoms with Crippen LogP contribution in [0.2, 0.25) is 0 Å². The summed E-state index contributed by atoms with van der Waals surface area (Å²) in [7, 11) is 0. The zero-order valence-corrected chi connectivity index (χ0v) is 39.8. The molecule has 0 radical (unpaired) electrons. The van der Waals surface area contributed by atoms with Crippen molar-refractivity contribution in [2.24, 2.45) is 0 Å². The van der Waals surface area contributed by atoms with Gasteiger partial charge < -0.3 is 9.64 Å². The fourth-order valence-electron chi connectivity index (χ4n) is 11.7. The number of rotatable bonds is 8. The number of para-hydroxylation sites is 1. The Morgan fingerprint density at radius 1 is 0.394 bits per heavy atom. The van der Waals surface area contributed by atoms with Gasteiger partial charge in [-0.2, -0.15) is 0 Å². The zero-order valence-electron chi connectivity index (χ0n) is 39.8. The summed E-state index contributed by atoms with van der Waals surface area (Å²) in [6, 6.07) is 80.8. The van der Waals surface area contributed by atoms with E-state index in [-0.39, 0.29) is 12.5 Å². The molecule has 0 atom stereocenters. The van der Waals surface area contributed by atoms with Gasteiger partial charge in [0.15, 0.2) is 0 Å². The molecule has 0 fully saturated rings. The van der Waals surface area contributed by atoms with Crippen LogP contribution < -0.4 is 26.0 Å². The molecular weight excluding hydrogens is 865 g/mol. The molecule has 0 bridgehead atoms. The lowest BCUT2D eigenvalue weighted by Gasteiger charge is -2.30. The van der Waals surface area contributed by atoms with Gasteiger partial charge in [-0.05, 0) is 129 Å². The minimum absolute atomic E-state index is 0.0356. The van der Waals surface area contributed by atoms with Crippen LogP contribution in [0.3, 0.4) is 0 Å². The van der Waals surface area contributed by atoms with Crippen molar-refractivity contribution < 1.29 is 9.13 Å².